The molecule has 2 rings (SSSR count). The van der Waals surface area contributed by atoms with Crippen LogP contribution in [0.2, 0.25) is 0 Å². The van der Waals surface area contributed by atoms with Gasteiger partial charge < -0.3 is 15.4 Å². The second-order valence-electron chi connectivity index (χ2n) is 4.35. The molecule has 0 aliphatic rings. The number of nitrogens with zero attached hydrogens (tertiary/aromatic N) is 4. The summed E-state index contributed by atoms with van der Waals surface area (Å²) in [6.45, 7) is 2.07. The van der Waals surface area contributed by atoms with Crippen LogP contribution in [0.5, 0.6) is 0 Å². The lowest BCUT2D eigenvalue weighted by atomic mass is 10.2. The largest absolute Gasteiger partial charge is 0.383 e. The Bertz CT molecular complexity index is 555. The summed E-state index contributed by atoms with van der Waals surface area (Å²) in [6, 6.07) is 8.11. The van der Waals surface area contributed by atoms with E-state index >= 15 is 0 Å². The van der Waals surface area contributed by atoms with Crippen molar-refractivity contribution < 1.29 is 4.74 Å². The van der Waals surface area contributed by atoms with Gasteiger partial charge in [-0.15, -0.1) is 24.0 Å². The van der Waals surface area contributed by atoms with Gasteiger partial charge in [-0.25, -0.2) is 9.67 Å². The van der Waals surface area contributed by atoms with Crippen molar-refractivity contribution in [2.45, 2.75) is 6.54 Å². The van der Waals surface area contributed by atoms with Gasteiger partial charge in [-0.1, -0.05) is 12.1 Å². The second kappa shape index (κ2) is 10.1. The number of benzene rings is 1. The number of methoxy groups -OCH3 is 1. The Labute approximate surface area is 147 Å². The van der Waals surface area contributed by atoms with Crippen LogP contribution >= 0.6 is 24.0 Å². The van der Waals surface area contributed by atoms with Crippen molar-refractivity contribution >= 4 is 29.9 Å². The average molecular weight is 416 g/mol. The minimum Gasteiger partial charge on any atom is -0.383 e. The van der Waals surface area contributed by atoms with E-state index in [1.807, 2.05) is 24.3 Å². The minimum absolute atomic E-state index is 0. The summed E-state index contributed by atoms with van der Waals surface area (Å²) in [5, 5.41) is 10.5. The lowest BCUT2D eigenvalue weighted by Crippen LogP contribution is -2.38. The van der Waals surface area contributed by atoms with Gasteiger partial charge in [0.1, 0.15) is 12.7 Å². The molecule has 0 saturated heterocycles. The maximum atomic E-state index is 4.99. The predicted molar refractivity (Wildman–Crippen MR) is 96.9 cm³/mol. The Morgan fingerprint density at radius 3 is 2.64 bits per heavy atom. The Kier molecular flexibility index (Phi) is 8.44. The molecule has 1 heterocycles. The highest BCUT2D eigenvalue weighted by Crippen LogP contribution is 2.07. The fourth-order valence-corrected chi connectivity index (χ4v) is 1.79. The topological polar surface area (TPSA) is 76.4 Å². The van der Waals surface area contributed by atoms with Crippen LogP contribution in [-0.4, -0.2) is 48.0 Å². The van der Waals surface area contributed by atoms with Gasteiger partial charge in [0.15, 0.2) is 5.96 Å². The molecule has 0 fully saturated rings. The normalized spacial score (nSPS) is 10.9. The molecule has 1 aromatic heterocycles. The van der Waals surface area contributed by atoms with Crippen LogP contribution in [0.25, 0.3) is 5.69 Å². The summed E-state index contributed by atoms with van der Waals surface area (Å²) >= 11 is 0. The van der Waals surface area contributed by atoms with Gasteiger partial charge in [0.2, 0.25) is 0 Å². The summed E-state index contributed by atoms with van der Waals surface area (Å²) in [4.78, 5) is 8.08. The fourth-order valence-electron chi connectivity index (χ4n) is 1.79. The molecule has 0 radical (unpaired) electrons. The number of ether oxygens (including phenoxy) is 1. The molecule has 0 saturated carbocycles. The molecular formula is C14H21IN6O. The molecule has 7 nitrogen and oxygen atoms in total. The number of guanidine groups is 1. The number of aromatic nitrogens is 3. The summed E-state index contributed by atoms with van der Waals surface area (Å²) in [7, 11) is 3.42. The van der Waals surface area contributed by atoms with Crippen molar-refractivity contribution in [2.24, 2.45) is 4.99 Å². The maximum Gasteiger partial charge on any atom is 0.191 e. The zero-order valence-electron chi connectivity index (χ0n) is 12.7. The Balaban J connectivity index is 0.00000242. The van der Waals surface area contributed by atoms with Crippen molar-refractivity contribution in [3.05, 3.63) is 42.5 Å². The lowest BCUT2D eigenvalue weighted by Gasteiger charge is -2.11. The highest BCUT2D eigenvalue weighted by molar-refractivity contribution is 14.0. The molecule has 8 heteroatoms. The van der Waals surface area contributed by atoms with E-state index in [-0.39, 0.29) is 24.0 Å². The smallest absolute Gasteiger partial charge is 0.191 e. The van der Waals surface area contributed by atoms with Crippen molar-refractivity contribution in [1.82, 2.24) is 25.4 Å². The number of rotatable bonds is 6. The van der Waals surface area contributed by atoms with Crippen LogP contribution in [-0.2, 0) is 11.3 Å². The summed E-state index contributed by atoms with van der Waals surface area (Å²) in [5.74, 6) is 0.757. The monoisotopic (exact) mass is 416 g/mol. The zero-order chi connectivity index (χ0) is 14.9. The molecule has 2 N–H and O–H groups in total. The Morgan fingerprint density at radius 1 is 1.27 bits per heavy atom. The highest BCUT2D eigenvalue weighted by atomic mass is 127. The SMILES string of the molecule is CN=C(NCCOC)NCc1ccc(-n2cncn2)cc1.I. The molecule has 0 aliphatic carbocycles. The quantitative estimate of drug-likeness (QED) is 0.320. The van der Waals surface area contributed by atoms with Gasteiger partial charge in [0, 0.05) is 27.2 Å². The maximum absolute atomic E-state index is 4.99. The van der Waals surface area contributed by atoms with Crippen LogP contribution in [0.15, 0.2) is 41.9 Å². The summed E-state index contributed by atoms with van der Waals surface area (Å²) in [6.07, 6.45) is 3.19. The molecule has 120 valence electrons. The first kappa shape index (κ1) is 18.4. The number of hydrogen-bond donors (Lipinski definition) is 2. The van der Waals surface area contributed by atoms with E-state index in [1.54, 1.807) is 25.2 Å². The third-order valence-corrected chi connectivity index (χ3v) is 2.90. The van der Waals surface area contributed by atoms with E-state index in [0.717, 1.165) is 23.8 Å². The van der Waals surface area contributed by atoms with Gasteiger partial charge in [-0.3, -0.25) is 4.99 Å². The van der Waals surface area contributed by atoms with Gasteiger partial charge in [-0.2, -0.15) is 5.10 Å². The first-order valence-electron chi connectivity index (χ1n) is 6.71. The number of halogens is 1. The van der Waals surface area contributed by atoms with E-state index in [0.29, 0.717) is 13.2 Å². The van der Waals surface area contributed by atoms with E-state index in [2.05, 4.69) is 25.7 Å². The Morgan fingerprint density at radius 2 is 2.05 bits per heavy atom. The third-order valence-electron chi connectivity index (χ3n) is 2.90. The molecule has 0 amide bonds. The zero-order valence-corrected chi connectivity index (χ0v) is 15.0. The van der Waals surface area contributed by atoms with Crippen molar-refractivity contribution in [2.75, 3.05) is 27.3 Å². The van der Waals surface area contributed by atoms with Crippen molar-refractivity contribution in [3.63, 3.8) is 0 Å². The van der Waals surface area contributed by atoms with E-state index in [9.17, 15) is 0 Å². The summed E-state index contributed by atoms with van der Waals surface area (Å²) in [5.41, 5.74) is 2.15. The van der Waals surface area contributed by atoms with Gasteiger partial charge in [0.25, 0.3) is 0 Å². The van der Waals surface area contributed by atoms with Crippen LogP contribution in [0.3, 0.4) is 0 Å². The molecule has 2 aromatic rings. The van der Waals surface area contributed by atoms with Crippen LogP contribution in [0.1, 0.15) is 5.56 Å². The minimum atomic E-state index is 0. The van der Waals surface area contributed by atoms with Crippen LogP contribution < -0.4 is 10.6 Å². The number of hydrogen-bond acceptors (Lipinski definition) is 4. The van der Waals surface area contributed by atoms with Gasteiger partial charge >= 0.3 is 0 Å². The second-order valence-corrected chi connectivity index (χ2v) is 4.35. The molecule has 0 aliphatic heterocycles. The molecule has 0 bridgehead atoms. The number of aliphatic imine (C=N–C) groups is 1. The first-order valence-corrected chi connectivity index (χ1v) is 6.71. The summed E-state index contributed by atoms with van der Waals surface area (Å²) < 4.78 is 6.71. The molecule has 0 spiro atoms. The Hall–Kier alpha value is -1.68. The van der Waals surface area contributed by atoms with Crippen molar-refractivity contribution in [1.29, 1.82) is 0 Å². The van der Waals surface area contributed by atoms with Crippen LogP contribution in [0, 0.1) is 0 Å². The lowest BCUT2D eigenvalue weighted by molar-refractivity contribution is 0.203. The molecule has 1 aromatic carbocycles. The van der Waals surface area contributed by atoms with E-state index in [1.165, 1.54) is 6.33 Å². The van der Waals surface area contributed by atoms with Gasteiger partial charge in [0.05, 0.1) is 12.3 Å². The van der Waals surface area contributed by atoms with Gasteiger partial charge in [-0.05, 0) is 17.7 Å². The third kappa shape index (κ3) is 5.60. The molecule has 0 unspecified atom stereocenters. The van der Waals surface area contributed by atoms with Crippen molar-refractivity contribution in [3.8, 4) is 5.69 Å². The molecule has 22 heavy (non-hydrogen) atoms. The highest BCUT2D eigenvalue weighted by Gasteiger charge is 2.00. The number of nitrogens with one attached hydrogen (secondary N) is 2. The first-order chi connectivity index (χ1) is 10.3. The van der Waals surface area contributed by atoms with Crippen LogP contribution in [0.4, 0.5) is 0 Å². The fraction of sp³-hybridized carbons (Fsp3) is 0.357. The molecular weight excluding hydrogens is 395 g/mol. The standard InChI is InChI=1S/C14H20N6O.HI/c1-15-14(17-7-8-21-2)18-9-12-3-5-13(6-4-12)20-11-16-10-19-20;/h3-6,10-11H,7-9H2,1-2H3,(H2,15,17,18);1H. The van der Waals surface area contributed by atoms with E-state index < -0.39 is 0 Å². The average Bonchev–Trinajstić information content (AvgIpc) is 3.06. The van der Waals surface area contributed by atoms with E-state index in [4.69, 9.17) is 4.74 Å². The predicted octanol–water partition coefficient (Wildman–Crippen LogP) is 1.20. The molecule has 0 atom stereocenters.